The highest BCUT2D eigenvalue weighted by Crippen LogP contribution is 2.36. The summed E-state index contributed by atoms with van der Waals surface area (Å²) in [5, 5.41) is 1.09. The van der Waals surface area contributed by atoms with E-state index >= 15 is 0 Å². The van der Waals surface area contributed by atoms with E-state index in [-0.39, 0.29) is 6.04 Å². The molecule has 0 fully saturated rings. The number of thiazole rings is 1. The molecule has 0 amide bonds. The van der Waals surface area contributed by atoms with Crippen LogP contribution < -0.4 is 5.73 Å². The van der Waals surface area contributed by atoms with Gasteiger partial charge in [0.15, 0.2) is 0 Å². The van der Waals surface area contributed by atoms with Crippen molar-refractivity contribution in [2.24, 2.45) is 5.73 Å². The average Bonchev–Trinajstić information content (AvgIpc) is 2.85. The molecule has 2 N–H and O–H groups in total. The van der Waals surface area contributed by atoms with E-state index in [0.29, 0.717) is 6.61 Å². The lowest BCUT2D eigenvalue weighted by atomic mass is 9.99. The highest BCUT2D eigenvalue weighted by atomic mass is 32.1. The molecule has 3 rings (SSSR count). The molecule has 0 saturated heterocycles. The molecule has 0 saturated carbocycles. The quantitative estimate of drug-likeness (QED) is 0.934. The molecule has 1 aliphatic carbocycles. The second-order valence-corrected chi connectivity index (χ2v) is 6.04. The Kier molecular flexibility index (Phi) is 3.64. The van der Waals surface area contributed by atoms with E-state index in [0.717, 1.165) is 23.5 Å². The lowest BCUT2D eigenvalue weighted by Crippen LogP contribution is -2.16. The van der Waals surface area contributed by atoms with Crippen molar-refractivity contribution in [3.05, 3.63) is 40.4 Å². The maximum Gasteiger partial charge on any atom is 0.123 e. The Hall–Kier alpha value is -1.23. The number of rotatable bonds is 3. The molecule has 1 heterocycles. The largest absolute Gasteiger partial charge is 0.380 e. The zero-order valence-corrected chi connectivity index (χ0v) is 11.9. The standard InChI is InChI=1S/C15H18N2OS/c1-18-9-10-5-7-11(8-6-10)15-17-14-12(16)3-2-4-13(14)19-15/h5-8,12H,2-4,9,16H2,1H3. The first-order valence-electron chi connectivity index (χ1n) is 6.61. The fourth-order valence-electron chi connectivity index (χ4n) is 2.49. The molecule has 1 unspecified atom stereocenters. The molecule has 2 aromatic rings. The van der Waals surface area contributed by atoms with Crippen molar-refractivity contribution < 1.29 is 4.74 Å². The third-order valence-corrected chi connectivity index (χ3v) is 4.69. The number of ether oxygens (including phenoxy) is 1. The summed E-state index contributed by atoms with van der Waals surface area (Å²) in [5.74, 6) is 0. The molecule has 1 aromatic carbocycles. The summed E-state index contributed by atoms with van der Waals surface area (Å²) in [5.41, 5.74) is 9.60. The van der Waals surface area contributed by atoms with Gasteiger partial charge in [0.1, 0.15) is 5.01 Å². The Labute approximate surface area is 117 Å². The molecular weight excluding hydrogens is 256 g/mol. The molecule has 1 aromatic heterocycles. The van der Waals surface area contributed by atoms with Crippen LogP contribution in [0.15, 0.2) is 24.3 Å². The molecule has 19 heavy (non-hydrogen) atoms. The van der Waals surface area contributed by atoms with Gasteiger partial charge in [0.25, 0.3) is 0 Å². The van der Waals surface area contributed by atoms with E-state index in [9.17, 15) is 0 Å². The topological polar surface area (TPSA) is 48.1 Å². The molecular formula is C15H18N2OS. The maximum absolute atomic E-state index is 6.13. The SMILES string of the molecule is COCc1ccc(-c2nc3c(s2)CCCC3N)cc1. The molecule has 3 nitrogen and oxygen atoms in total. The first kappa shape index (κ1) is 12.8. The van der Waals surface area contributed by atoms with Crippen molar-refractivity contribution in [1.82, 2.24) is 4.98 Å². The van der Waals surface area contributed by atoms with Crippen LogP contribution in [0, 0.1) is 0 Å². The zero-order chi connectivity index (χ0) is 13.2. The van der Waals surface area contributed by atoms with Gasteiger partial charge in [0.2, 0.25) is 0 Å². The number of methoxy groups -OCH3 is 1. The van der Waals surface area contributed by atoms with Gasteiger partial charge in [-0.05, 0) is 24.8 Å². The van der Waals surface area contributed by atoms with Gasteiger partial charge in [-0.25, -0.2) is 4.98 Å². The summed E-state index contributed by atoms with van der Waals surface area (Å²) in [4.78, 5) is 6.11. The van der Waals surface area contributed by atoms with Gasteiger partial charge in [-0.15, -0.1) is 11.3 Å². The van der Waals surface area contributed by atoms with Crippen molar-refractivity contribution in [1.29, 1.82) is 0 Å². The minimum Gasteiger partial charge on any atom is -0.380 e. The van der Waals surface area contributed by atoms with Crippen molar-refractivity contribution >= 4 is 11.3 Å². The van der Waals surface area contributed by atoms with Gasteiger partial charge in [-0.2, -0.15) is 0 Å². The third-order valence-electron chi connectivity index (χ3n) is 3.51. The van der Waals surface area contributed by atoms with Crippen LogP contribution in [-0.4, -0.2) is 12.1 Å². The van der Waals surface area contributed by atoms with E-state index in [1.54, 1.807) is 18.4 Å². The van der Waals surface area contributed by atoms with Gasteiger partial charge in [-0.3, -0.25) is 0 Å². The van der Waals surface area contributed by atoms with Crippen LogP contribution in [0.2, 0.25) is 0 Å². The highest BCUT2D eigenvalue weighted by Gasteiger charge is 2.22. The van der Waals surface area contributed by atoms with Crippen LogP contribution in [0.25, 0.3) is 10.6 Å². The van der Waals surface area contributed by atoms with Crippen molar-refractivity contribution in [3.63, 3.8) is 0 Å². The number of aryl methyl sites for hydroxylation is 1. The first-order chi connectivity index (χ1) is 9.28. The lowest BCUT2D eigenvalue weighted by Gasteiger charge is -2.15. The molecule has 0 radical (unpaired) electrons. The second kappa shape index (κ2) is 5.41. The number of aromatic nitrogens is 1. The van der Waals surface area contributed by atoms with Crippen LogP contribution in [0.3, 0.4) is 0 Å². The van der Waals surface area contributed by atoms with E-state index in [1.807, 2.05) is 0 Å². The van der Waals surface area contributed by atoms with E-state index in [4.69, 9.17) is 15.5 Å². The van der Waals surface area contributed by atoms with Crippen LogP contribution >= 0.6 is 11.3 Å². The van der Waals surface area contributed by atoms with Crippen molar-refractivity contribution in [2.75, 3.05) is 7.11 Å². The second-order valence-electron chi connectivity index (χ2n) is 4.96. The van der Waals surface area contributed by atoms with Crippen molar-refractivity contribution in [3.8, 4) is 10.6 Å². The van der Waals surface area contributed by atoms with Crippen LogP contribution in [-0.2, 0) is 17.8 Å². The van der Waals surface area contributed by atoms with Crippen LogP contribution in [0.4, 0.5) is 0 Å². The highest BCUT2D eigenvalue weighted by molar-refractivity contribution is 7.15. The van der Waals surface area contributed by atoms with Gasteiger partial charge in [0, 0.05) is 23.6 Å². The van der Waals surface area contributed by atoms with Crippen molar-refractivity contribution in [2.45, 2.75) is 31.9 Å². The molecule has 100 valence electrons. The predicted molar refractivity (Wildman–Crippen MR) is 78.1 cm³/mol. The first-order valence-corrected chi connectivity index (χ1v) is 7.43. The van der Waals surface area contributed by atoms with Crippen LogP contribution in [0.1, 0.15) is 35.0 Å². The normalized spacial score (nSPS) is 18.3. The summed E-state index contributed by atoms with van der Waals surface area (Å²) in [6.45, 7) is 0.652. The minimum absolute atomic E-state index is 0.126. The fourth-order valence-corrected chi connectivity index (χ4v) is 3.66. The minimum atomic E-state index is 0.126. The number of fused-ring (bicyclic) bond motifs is 1. The van der Waals surface area contributed by atoms with Gasteiger partial charge in [0.05, 0.1) is 12.3 Å². The monoisotopic (exact) mass is 274 g/mol. The number of benzene rings is 1. The Morgan fingerprint density at radius 3 is 2.84 bits per heavy atom. The molecule has 0 spiro atoms. The lowest BCUT2D eigenvalue weighted by molar-refractivity contribution is 0.185. The predicted octanol–water partition coefficient (Wildman–Crippen LogP) is 3.29. The van der Waals surface area contributed by atoms with E-state index < -0.39 is 0 Å². The summed E-state index contributed by atoms with van der Waals surface area (Å²) in [6, 6.07) is 8.55. The average molecular weight is 274 g/mol. The summed E-state index contributed by atoms with van der Waals surface area (Å²) >= 11 is 1.79. The molecule has 0 bridgehead atoms. The maximum atomic E-state index is 6.13. The van der Waals surface area contributed by atoms with Gasteiger partial charge >= 0.3 is 0 Å². The number of nitrogens with zero attached hydrogens (tertiary/aromatic N) is 1. The summed E-state index contributed by atoms with van der Waals surface area (Å²) in [6.07, 6.45) is 3.37. The Bertz CT molecular complexity index is 562. The molecule has 1 atom stereocenters. The number of hydrogen-bond acceptors (Lipinski definition) is 4. The van der Waals surface area contributed by atoms with E-state index in [2.05, 4.69) is 24.3 Å². The number of hydrogen-bond donors (Lipinski definition) is 1. The molecule has 4 heteroatoms. The smallest absolute Gasteiger partial charge is 0.123 e. The van der Waals surface area contributed by atoms with E-state index in [1.165, 1.54) is 22.4 Å². The fraction of sp³-hybridized carbons (Fsp3) is 0.400. The zero-order valence-electron chi connectivity index (χ0n) is 11.1. The summed E-state index contributed by atoms with van der Waals surface area (Å²) in [7, 11) is 1.71. The molecule has 1 aliphatic rings. The van der Waals surface area contributed by atoms with Gasteiger partial charge in [-0.1, -0.05) is 24.3 Å². The summed E-state index contributed by atoms with van der Waals surface area (Å²) < 4.78 is 5.12. The Balaban J connectivity index is 1.89. The third kappa shape index (κ3) is 2.56. The molecule has 0 aliphatic heterocycles. The number of nitrogens with two attached hydrogens (primary N) is 1. The van der Waals surface area contributed by atoms with Crippen LogP contribution in [0.5, 0.6) is 0 Å². The van der Waals surface area contributed by atoms with Gasteiger partial charge < -0.3 is 10.5 Å². The Morgan fingerprint density at radius 2 is 2.16 bits per heavy atom. The Morgan fingerprint density at radius 1 is 1.37 bits per heavy atom.